The van der Waals surface area contributed by atoms with E-state index in [1.165, 1.54) is 28.8 Å². The van der Waals surface area contributed by atoms with E-state index in [4.69, 9.17) is 5.73 Å². The first-order valence-electron chi connectivity index (χ1n) is 8.41. The van der Waals surface area contributed by atoms with Crippen LogP contribution in [0.2, 0.25) is 0 Å². The number of fused-ring (bicyclic) bond motifs is 3. The van der Waals surface area contributed by atoms with Crippen molar-refractivity contribution in [3.8, 4) is 0 Å². The summed E-state index contributed by atoms with van der Waals surface area (Å²) >= 11 is 1.38. The molecule has 1 aliphatic heterocycles. The van der Waals surface area contributed by atoms with E-state index in [-0.39, 0.29) is 5.91 Å². The van der Waals surface area contributed by atoms with Crippen molar-refractivity contribution in [3.05, 3.63) is 40.8 Å². The highest BCUT2D eigenvalue weighted by Crippen LogP contribution is 2.37. The molecule has 2 aromatic rings. The van der Waals surface area contributed by atoms with E-state index in [2.05, 4.69) is 21.9 Å². The Hall–Kier alpha value is -2.74. The highest BCUT2D eigenvalue weighted by atomic mass is 32.1. The Morgan fingerprint density at radius 3 is 2.88 bits per heavy atom. The number of amides is 1. The summed E-state index contributed by atoms with van der Waals surface area (Å²) in [6, 6.07) is 0. The van der Waals surface area contributed by atoms with E-state index in [9.17, 15) is 4.79 Å². The molecule has 0 bridgehead atoms. The summed E-state index contributed by atoms with van der Waals surface area (Å²) in [5.74, 6) is 0.667. The van der Waals surface area contributed by atoms with Crippen LogP contribution in [-0.4, -0.2) is 41.2 Å². The lowest BCUT2D eigenvalue weighted by Crippen LogP contribution is -2.28. The van der Waals surface area contributed by atoms with Crippen molar-refractivity contribution in [2.75, 3.05) is 19.0 Å². The maximum absolute atomic E-state index is 13.2. The fraction of sp³-hybridized carbons (Fsp3) is 0.333. The fourth-order valence-electron chi connectivity index (χ4n) is 2.83. The van der Waals surface area contributed by atoms with Crippen molar-refractivity contribution in [3.63, 3.8) is 0 Å². The first-order valence-corrected chi connectivity index (χ1v) is 9.23. The Kier molecular flexibility index (Phi) is 5.32. The number of allylic oxidation sites excluding steroid dienone is 2. The minimum atomic E-state index is -0.129. The zero-order valence-electron chi connectivity index (χ0n) is 15.1. The molecule has 8 heteroatoms. The van der Waals surface area contributed by atoms with Crippen LogP contribution < -0.4 is 10.6 Å². The van der Waals surface area contributed by atoms with Crippen molar-refractivity contribution in [1.29, 1.82) is 0 Å². The molecule has 0 atom stereocenters. The number of hydrogen-bond acceptors (Lipinski definition) is 7. The molecule has 3 rings (SSSR count). The number of aromatic nitrogens is 2. The number of rotatable bonds is 5. The normalized spacial score (nSPS) is 15.0. The van der Waals surface area contributed by atoms with Gasteiger partial charge in [-0.25, -0.2) is 9.97 Å². The van der Waals surface area contributed by atoms with Crippen LogP contribution in [0.3, 0.4) is 0 Å². The van der Waals surface area contributed by atoms with Gasteiger partial charge in [0.1, 0.15) is 21.9 Å². The standard InChI is InChI=1S/C18H22N6OS/c1-4-5-6-7-12(8-19)24-11-20-9-13-14-16(23(2)3)21-10-22-17(14)26-15(13)18(24)25/h5-6,8,10-11H,4,7,9,19H2,1-3H3/b6-5-,12-8+. The summed E-state index contributed by atoms with van der Waals surface area (Å²) in [5, 5.41) is 0.897. The quantitative estimate of drug-likeness (QED) is 0.818. The van der Waals surface area contributed by atoms with Gasteiger partial charge in [-0.3, -0.25) is 14.7 Å². The Morgan fingerprint density at radius 1 is 1.38 bits per heavy atom. The topological polar surface area (TPSA) is 87.7 Å². The van der Waals surface area contributed by atoms with E-state index >= 15 is 0 Å². The summed E-state index contributed by atoms with van der Waals surface area (Å²) in [7, 11) is 3.85. The molecule has 1 amide bonds. The molecular weight excluding hydrogens is 348 g/mol. The van der Waals surface area contributed by atoms with Gasteiger partial charge < -0.3 is 10.6 Å². The molecule has 1 aliphatic rings. The number of hydrogen-bond donors (Lipinski definition) is 1. The smallest absolute Gasteiger partial charge is 0.273 e. The minimum Gasteiger partial charge on any atom is -0.403 e. The van der Waals surface area contributed by atoms with Crippen molar-refractivity contribution in [1.82, 2.24) is 14.9 Å². The lowest BCUT2D eigenvalue weighted by atomic mass is 10.1. The second kappa shape index (κ2) is 7.65. The summed E-state index contributed by atoms with van der Waals surface area (Å²) in [5.41, 5.74) is 7.36. The lowest BCUT2D eigenvalue weighted by molar-refractivity contribution is 0.0885. The van der Waals surface area contributed by atoms with Gasteiger partial charge in [0.05, 0.1) is 18.3 Å². The summed E-state index contributed by atoms with van der Waals surface area (Å²) in [6.07, 6.45) is 10.1. The van der Waals surface area contributed by atoms with Crippen LogP contribution in [0.15, 0.2) is 35.4 Å². The largest absolute Gasteiger partial charge is 0.403 e. The van der Waals surface area contributed by atoms with Crippen LogP contribution in [0.5, 0.6) is 0 Å². The van der Waals surface area contributed by atoms with Crippen LogP contribution in [-0.2, 0) is 6.54 Å². The van der Waals surface area contributed by atoms with Crippen LogP contribution in [0.25, 0.3) is 10.2 Å². The number of nitrogens with zero attached hydrogens (tertiary/aromatic N) is 5. The molecule has 0 aliphatic carbocycles. The Labute approximate surface area is 156 Å². The van der Waals surface area contributed by atoms with Crippen molar-refractivity contribution < 1.29 is 4.79 Å². The number of anilines is 1. The van der Waals surface area contributed by atoms with Gasteiger partial charge in [-0.1, -0.05) is 19.1 Å². The van der Waals surface area contributed by atoms with Gasteiger partial charge in [0.2, 0.25) is 0 Å². The number of carbonyl (C=O) groups excluding carboxylic acids is 1. The SMILES string of the molecule is CC/C=C\C/C(=C\N)N1C=NCc2c(sc3ncnc(N(C)C)c23)C1=O. The van der Waals surface area contributed by atoms with E-state index < -0.39 is 0 Å². The Balaban J connectivity index is 2.06. The molecule has 0 saturated heterocycles. The second-order valence-electron chi connectivity index (χ2n) is 6.05. The molecule has 26 heavy (non-hydrogen) atoms. The maximum atomic E-state index is 13.2. The zero-order valence-corrected chi connectivity index (χ0v) is 16.0. The number of nitrogens with two attached hydrogens (primary N) is 1. The summed E-state index contributed by atoms with van der Waals surface area (Å²) < 4.78 is 0. The third-order valence-electron chi connectivity index (χ3n) is 4.08. The van der Waals surface area contributed by atoms with Crippen LogP contribution in [0.4, 0.5) is 5.82 Å². The molecular formula is C18H22N6OS. The molecule has 3 heterocycles. The number of thiophene rings is 1. The Morgan fingerprint density at radius 2 is 2.19 bits per heavy atom. The van der Waals surface area contributed by atoms with Gasteiger partial charge >= 0.3 is 0 Å². The van der Waals surface area contributed by atoms with Gasteiger partial charge in [-0.05, 0) is 6.42 Å². The molecule has 0 aromatic carbocycles. The average molecular weight is 370 g/mol. The second-order valence-corrected chi connectivity index (χ2v) is 7.05. The molecule has 0 saturated carbocycles. The molecule has 0 spiro atoms. The fourth-order valence-corrected chi connectivity index (χ4v) is 3.92. The van der Waals surface area contributed by atoms with Crippen molar-refractivity contribution >= 4 is 39.6 Å². The molecule has 2 aromatic heterocycles. The van der Waals surface area contributed by atoms with Crippen LogP contribution in [0, 0.1) is 0 Å². The third-order valence-corrected chi connectivity index (χ3v) is 5.21. The first-order chi connectivity index (χ1) is 12.6. The van der Waals surface area contributed by atoms with E-state index in [1.807, 2.05) is 31.1 Å². The van der Waals surface area contributed by atoms with Gasteiger partial charge in [-0.2, -0.15) is 0 Å². The third kappa shape index (κ3) is 3.20. The van der Waals surface area contributed by atoms with Crippen LogP contribution in [0.1, 0.15) is 35.0 Å². The van der Waals surface area contributed by atoms with Crippen molar-refractivity contribution in [2.24, 2.45) is 10.7 Å². The molecule has 7 nitrogen and oxygen atoms in total. The number of aliphatic imine (C=N–C) groups is 1. The zero-order chi connectivity index (χ0) is 18.7. The van der Waals surface area contributed by atoms with Crippen molar-refractivity contribution in [2.45, 2.75) is 26.3 Å². The van der Waals surface area contributed by atoms with E-state index in [0.29, 0.717) is 23.5 Å². The van der Waals surface area contributed by atoms with E-state index in [1.54, 1.807) is 6.34 Å². The summed E-state index contributed by atoms with van der Waals surface area (Å²) in [4.78, 5) is 31.2. The Bertz CT molecular complexity index is 912. The maximum Gasteiger partial charge on any atom is 0.273 e. The molecule has 0 radical (unpaired) electrons. The number of carbonyl (C=O) groups is 1. The minimum absolute atomic E-state index is 0.129. The van der Waals surface area contributed by atoms with Gasteiger partial charge in [0.25, 0.3) is 5.91 Å². The van der Waals surface area contributed by atoms with Gasteiger partial charge in [0, 0.05) is 38.0 Å². The molecule has 136 valence electrons. The molecule has 0 fully saturated rings. The highest BCUT2D eigenvalue weighted by molar-refractivity contribution is 7.20. The predicted molar refractivity (Wildman–Crippen MR) is 106 cm³/mol. The molecule has 2 N–H and O–H groups in total. The highest BCUT2D eigenvalue weighted by Gasteiger charge is 2.28. The summed E-state index contributed by atoms with van der Waals surface area (Å²) in [6.45, 7) is 2.47. The molecule has 0 unspecified atom stereocenters. The monoisotopic (exact) mass is 370 g/mol. The lowest BCUT2D eigenvalue weighted by Gasteiger charge is -2.18. The first kappa shape index (κ1) is 18.1. The van der Waals surface area contributed by atoms with Gasteiger partial charge in [0.15, 0.2) is 0 Å². The van der Waals surface area contributed by atoms with Gasteiger partial charge in [-0.15, -0.1) is 11.3 Å². The van der Waals surface area contributed by atoms with Crippen LogP contribution >= 0.6 is 11.3 Å². The average Bonchev–Trinajstić information content (AvgIpc) is 2.93. The predicted octanol–water partition coefficient (Wildman–Crippen LogP) is 2.90. The van der Waals surface area contributed by atoms with E-state index in [0.717, 1.165) is 28.0 Å².